The third-order valence-corrected chi connectivity index (χ3v) is 2.60. The Morgan fingerprint density at radius 3 is 3.00 bits per heavy atom. The molecule has 1 saturated heterocycles. The number of nitrogens with zero attached hydrogens (tertiary/aromatic N) is 2. The zero-order valence-electron chi connectivity index (χ0n) is 8.24. The molecule has 3 heteroatoms. The van der Waals surface area contributed by atoms with Gasteiger partial charge in [0, 0.05) is 6.54 Å². The highest BCUT2D eigenvalue weighted by Gasteiger charge is 2.21. The van der Waals surface area contributed by atoms with E-state index in [1.165, 1.54) is 12.8 Å². The summed E-state index contributed by atoms with van der Waals surface area (Å²) in [6, 6.07) is 2.41. The quantitative estimate of drug-likeness (QED) is 0.712. The highest BCUT2D eigenvalue weighted by molar-refractivity contribution is 4.93. The second kappa shape index (κ2) is 5.21. The highest BCUT2D eigenvalue weighted by Crippen LogP contribution is 2.16. The molecule has 2 unspecified atom stereocenters. The number of rotatable bonds is 3. The smallest absolute Gasteiger partial charge is 0.0977 e. The van der Waals surface area contributed by atoms with Gasteiger partial charge in [-0.15, -0.1) is 0 Å². The fourth-order valence-electron chi connectivity index (χ4n) is 1.76. The molecular formula is C10H18N2O. The van der Waals surface area contributed by atoms with Gasteiger partial charge in [-0.2, -0.15) is 5.26 Å². The summed E-state index contributed by atoms with van der Waals surface area (Å²) in [4.78, 5) is 2.19. The molecule has 0 radical (unpaired) electrons. The molecule has 0 saturated carbocycles. The van der Waals surface area contributed by atoms with Gasteiger partial charge in [-0.25, -0.2) is 0 Å². The van der Waals surface area contributed by atoms with Gasteiger partial charge in [0.2, 0.25) is 0 Å². The van der Waals surface area contributed by atoms with Crippen LogP contribution in [0.15, 0.2) is 0 Å². The Hall–Kier alpha value is -0.590. The number of nitriles is 1. The maximum Gasteiger partial charge on any atom is 0.0977 e. The van der Waals surface area contributed by atoms with Crippen LogP contribution in [-0.2, 0) is 0 Å². The van der Waals surface area contributed by atoms with Crippen LogP contribution in [0.4, 0.5) is 0 Å². The molecule has 1 aliphatic rings. The summed E-state index contributed by atoms with van der Waals surface area (Å²) in [6.45, 7) is 3.67. The fourth-order valence-corrected chi connectivity index (χ4v) is 1.76. The number of aliphatic hydroxyl groups excluding tert-OH is 1. The lowest BCUT2D eigenvalue weighted by Gasteiger charge is -2.31. The first kappa shape index (κ1) is 10.5. The molecule has 13 heavy (non-hydrogen) atoms. The average Bonchev–Trinajstić information content (AvgIpc) is 2.15. The molecule has 0 amide bonds. The van der Waals surface area contributed by atoms with E-state index in [0.717, 1.165) is 25.9 Å². The molecular weight excluding hydrogens is 164 g/mol. The van der Waals surface area contributed by atoms with Gasteiger partial charge in [0.05, 0.1) is 18.2 Å². The SMILES string of the molecule is CC(O)CCN1CCCCC1C#N. The van der Waals surface area contributed by atoms with Gasteiger partial charge in [-0.1, -0.05) is 0 Å². The Morgan fingerprint density at radius 2 is 2.38 bits per heavy atom. The number of hydrogen-bond acceptors (Lipinski definition) is 3. The zero-order chi connectivity index (χ0) is 9.68. The van der Waals surface area contributed by atoms with E-state index in [2.05, 4.69) is 11.0 Å². The fraction of sp³-hybridized carbons (Fsp3) is 0.900. The van der Waals surface area contributed by atoms with Crippen LogP contribution < -0.4 is 0 Å². The molecule has 3 nitrogen and oxygen atoms in total. The van der Waals surface area contributed by atoms with Crippen molar-refractivity contribution in [2.75, 3.05) is 13.1 Å². The molecule has 0 aliphatic carbocycles. The minimum atomic E-state index is -0.249. The monoisotopic (exact) mass is 182 g/mol. The van der Waals surface area contributed by atoms with Gasteiger partial charge in [-0.3, -0.25) is 4.90 Å². The van der Waals surface area contributed by atoms with Gasteiger partial charge in [-0.05, 0) is 39.2 Å². The second-order valence-electron chi connectivity index (χ2n) is 3.81. The maximum absolute atomic E-state index is 9.13. The molecule has 1 fully saturated rings. The molecule has 74 valence electrons. The van der Waals surface area contributed by atoms with Crippen molar-refractivity contribution >= 4 is 0 Å². The lowest BCUT2D eigenvalue weighted by molar-refractivity contribution is 0.130. The molecule has 1 heterocycles. The Balaban J connectivity index is 2.33. The normalized spacial score (nSPS) is 26.7. The standard InChI is InChI=1S/C10H18N2O/c1-9(13)5-7-12-6-3-2-4-10(12)8-11/h9-10,13H,2-7H2,1H3. The van der Waals surface area contributed by atoms with E-state index in [1.807, 2.05) is 0 Å². The van der Waals surface area contributed by atoms with E-state index in [9.17, 15) is 0 Å². The van der Waals surface area contributed by atoms with Crippen molar-refractivity contribution in [1.29, 1.82) is 5.26 Å². The summed E-state index contributed by atoms with van der Waals surface area (Å²) < 4.78 is 0. The highest BCUT2D eigenvalue weighted by atomic mass is 16.3. The van der Waals surface area contributed by atoms with Crippen molar-refractivity contribution in [2.45, 2.75) is 44.8 Å². The molecule has 0 spiro atoms. The van der Waals surface area contributed by atoms with Gasteiger partial charge < -0.3 is 5.11 Å². The van der Waals surface area contributed by atoms with Crippen LogP contribution >= 0.6 is 0 Å². The maximum atomic E-state index is 9.13. The number of piperidine rings is 1. The topological polar surface area (TPSA) is 47.3 Å². The Bertz CT molecular complexity index is 186. The summed E-state index contributed by atoms with van der Waals surface area (Å²) in [5, 5.41) is 18.0. The first-order valence-corrected chi connectivity index (χ1v) is 5.05. The minimum Gasteiger partial charge on any atom is -0.393 e. The molecule has 2 atom stereocenters. The van der Waals surface area contributed by atoms with Crippen LogP contribution in [0.3, 0.4) is 0 Å². The molecule has 1 N–H and O–H groups in total. The van der Waals surface area contributed by atoms with Crippen LogP contribution in [-0.4, -0.2) is 35.2 Å². The number of aliphatic hydroxyl groups is 1. The molecule has 0 aromatic heterocycles. The number of likely N-dealkylation sites (tertiary alicyclic amines) is 1. The van der Waals surface area contributed by atoms with E-state index < -0.39 is 0 Å². The van der Waals surface area contributed by atoms with Gasteiger partial charge in [0.1, 0.15) is 0 Å². The molecule has 0 bridgehead atoms. The predicted molar refractivity (Wildman–Crippen MR) is 51.1 cm³/mol. The van der Waals surface area contributed by atoms with Crippen LogP contribution in [0.2, 0.25) is 0 Å². The average molecular weight is 182 g/mol. The van der Waals surface area contributed by atoms with E-state index in [0.29, 0.717) is 0 Å². The molecule has 0 aromatic carbocycles. The first-order chi connectivity index (χ1) is 6.24. The van der Waals surface area contributed by atoms with E-state index in [4.69, 9.17) is 10.4 Å². The Kier molecular flexibility index (Phi) is 4.20. The lowest BCUT2D eigenvalue weighted by Crippen LogP contribution is -2.39. The summed E-state index contributed by atoms with van der Waals surface area (Å²) in [6.07, 6.45) is 3.89. The Morgan fingerprint density at radius 1 is 1.62 bits per heavy atom. The molecule has 0 aromatic rings. The third kappa shape index (κ3) is 3.33. The molecule has 1 aliphatic heterocycles. The van der Waals surface area contributed by atoms with E-state index >= 15 is 0 Å². The summed E-state index contributed by atoms with van der Waals surface area (Å²) in [5.74, 6) is 0. The first-order valence-electron chi connectivity index (χ1n) is 5.05. The molecule has 1 rings (SSSR count). The van der Waals surface area contributed by atoms with Crippen LogP contribution in [0.1, 0.15) is 32.6 Å². The second-order valence-corrected chi connectivity index (χ2v) is 3.81. The van der Waals surface area contributed by atoms with E-state index in [-0.39, 0.29) is 12.1 Å². The van der Waals surface area contributed by atoms with Crippen molar-refractivity contribution in [3.63, 3.8) is 0 Å². The predicted octanol–water partition coefficient (Wildman–Crippen LogP) is 1.14. The van der Waals surface area contributed by atoms with Crippen molar-refractivity contribution in [3.05, 3.63) is 0 Å². The van der Waals surface area contributed by atoms with Crippen LogP contribution in [0.5, 0.6) is 0 Å². The van der Waals surface area contributed by atoms with Crippen molar-refractivity contribution in [3.8, 4) is 6.07 Å². The lowest BCUT2D eigenvalue weighted by atomic mass is 10.0. The largest absolute Gasteiger partial charge is 0.393 e. The van der Waals surface area contributed by atoms with Gasteiger partial charge in [0.15, 0.2) is 0 Å². The van der Waals surface area contributed by atoms with Crippen molar-refractivity contribution in [2.24, 2.45) is 0 Å². The van der Waals surface area contributed by atoms with Crippen molar-refractivity contribution in [1.82, 2.24) is 4.90 Å². The zero-order valence-corrected chi connectivity index (χ0v) is 8.24. The summed E-state index contributed by atoms with van der Waals surface area (Å²) in [5.41, 5.74) is 0. The summed E-state index contributed by atoms with van der Waals surface area (Å²) >= 11 is 0. The third-order valence-electron chi connectivity index (χ3n) is 2.60. The number of hydrogen-bond donors (Lipinski definition) is 1. The van der Waals surface area contributed by atoms with Gasteiger partial charge >= 0.3 is 0 Å². The Labute approximate surface area is 80.0 Å². The summed E-state index contributed by atoms with van der Waals surface area (Å²) in [7, 11) is 0. The van der Waals surface area contributed by atoms with E-state index in [1.54, 1.807) is 6.92 Å². The minimum absolute atomic E-state index is 0.0903. The van der Waals surface area contributed by atoms with Crippen LogP contribution in [0, 0.1) is 11.3 Å². The van der Waals surface area contributed by atoms with Crippen molar-refractivity contribution < 1.29 is 5.11 Å². The van der Waals surface area contributed by atoms with Crippen LogP contribution in [0.25, 0.3) is 0 Å². The van der Waals surface area contributed by atoms with Gasteiger partial charge in [0.25, 0.3) is 0 Å².